The van der Waals surface area contributed by atoms with Gasteiger partial charge >= 0.3 is 0 Å². The highest BCUT2D eigenvalue weighted by Gasteiger charge is 2.44. The molecule has 0 amide bonds. The van der Waals surface area contributed by atoms with Gasteiger partial charge in [0.2, 0.25) is 0 Å². The van der Waals surface area contributed by atoms with Crippen LogP contribution in [0, 0.1) is 0 Å². The SMILES string of the molecule is CCCCCCCCCCCCCCCC1(O)CC2CCCC(C1)S2=O. The first kappa shape index (κ1) is 22.4. The van der Waals surface area contributed by atoms with Crippen molar-refractivity contribution in [1.29, 1.82) is 0 Å². The van der Waals surface area contributed by atoms with Crippen LogP contribution in [0.5, 0.6) is 0 Å². The van der Waals surface area contributed by atoms with Crippen molar-refractivity contribution >= 4 is 10.8 Å². The molecule has 0 saturated carbocycles. The fourth-order valence-electron chi connectivity index (χ4n) is 5.05. The number of rotatable bonds is 14. The summed E-state index contributed by atoms with van der Waals surface area (Å²) in [5, 5.41) is 11.5. The molecular weight excluding hydrogens is 340 g/mol. The third-order valence-corrected chi connectivity index (χ3v) is 8.79. The van der Waals surface area contributed by atoms with Gasteiger partial charge in [0, 0.05) is 21.3 Å². The minimum absolute atomic E-state index is 0.287. The standard InChI is InChI=1S/C23H44O2S/c1-2-3-4-5-6-7-8-9-10-11-12-13-14-18-23(24)19-21-16-15-17-22(20-23)26(21)25/h21-22,24H,2-20H2,1H3. The van der Waals surface area contributed by atoms with Gasteiger partial charge in [-0.05, 0) is 32.1 Å². The summed E-state index contributed by atoms with van der Waals surface area (Å²) < 4.78 is 12.3. The van der Waals surface area contributed by atoms with E-state index in [4.69, 9.17) is 0 Å². The van der Waals surface area contributed by atoms with E-state index < -0.39 is 16.4 Å². The summed E-state index contributed by atoms with van der Waals surface area (Å²) in [6, 6.07) is 0. The summed E-state index contributed by atoms with van der Waals surface area (Å²) in [6.45, 7) is 2.28. The van der Waals surface area contributed by atoms with E-state index in [1.165, 1.54) is 83.5 Å². The second-order valence-corrected chi connectivity index (χ2v) is 11.1. The van der Waals surface area contributed by atoms with E-state index in [-0.39, 0.29) is 10.5 Å². The minimum Gasteiger partial charge on any atom is -0.390 e. The highest BCUT2D eigenvalue weighted by molar-refractivity contribution is 7.86. The van der Waals surface area contributed by atoms with Crippen LogP contribution in [0.25, 0.3) is 0 Å². The van der Waals surface area contributed by atoms with E-state index in [0.29, 0.717) is 0 Å². The molecule has 0 aromatic carbocycles. The Hall–Kier alpha value is 0.110. The zero-order valence-electron chi connectivity index (χ0n) is 17.4. The lowest BCUT2D eigenvalue weighted by Gasteiger charge is -2.43. The molecule has 2 aliphatic rings. The van der Waals surface area contributed by atoms with Gasteiger partial charge in [0.15, 0.2) is 0 Å². The summed E-state index contributed by atoms with van der Waals surface area (Å²) >= 11 is 0. The second-order valence-electron chi connectivity index (χ2n) is 9.13. The predicted molar refractivity (Wildman–Crippen MR) is 114 cm³/mol. The first-order valence-corrected chi connectivity index (χ1v) is 13.0. The lowest BCUT2D eigenvalue weighted by Crippen LogP contribution is -2.48. The number of aliphatic hydroxyl groups is 1. The molecule has 2 fully saturated rings. The van der Waals surface area contributed by atoms with Crippen LogP contribution >= 0.6 is 0 Å². The van der Waals surface area contributed by atoms with Crippen LogP contribution in [0.3, 0.4) is 0 Å². The topological polar surface area (TPSA) is 37.3 Å². The predicted octanol–water partition coefficient (Wildman–Crippen LogP) is 6.66. The maximum absolute atomic E-state index is 12.3. The van der Waals surface area contributed by atoms with Gasteiger partial charge in [0.05, 0.1) is 5.60 Å². The average molecular weight is 385 g/mol. The molecule has 2 unspecified atom stereocenters. The maximum atomic E-state index is 12.3. The van der Waals surface area contributed by atoms with Crippen molar-refractivity contribution in [3.8, 4) is 0 Å². The maximum Gasteiger partial charge on any atom is 0.0670 e. The van der Waals surface area contributed by atoms with Crippen molar-refractivity contribution in [2.24, 2.45) is 0 Å². The molecule has 2 heterocycles. The fourth-order valence-corrected chi connectivity index (χ4v) is 7.34. The smallest absolute Gasteiger partial charge is 0.0670 e. The van der Waals surface area contributed by atoms with Crippen LogP contribution in [0.4, 0.5) is 0 Å². The second kappa shape index (κ2) is 12.5. The highest BCUT2D eigenvalue weighted by Crippen LogP contribution is 2.41. The molecule has 154 valence electrons. The van der Waals surface area contributed by atoms with Gasteiger partial charge in [-0.3, -0.25) is 4.21 Å². The van der Waals surface area contributed by atoms with Crippen LogP contribution in [0.2, 0.25) is 0 Å². The molecule has 2 saturated heterocycles. The Morgan fingerprint density at radius 1 is 0.769 bits per heavy atom. The van der Waals surface area contributed by atoms with E-state index in [1.807, 2.05) is 0 Å². The molecule has 2 bridgehead atoms. The molecule has 1 N–H and O–H groups in total. The van der Waals surface area contributed by atoms with Gasteiger partial charge in [0.25, 0.3) is 0 Å². The zero-order chi connectivity index (χ0) is 18.7. The molecule has 0 aromatic rings. The van der Waals surface area contributed by atoms with E-state index in [1.54, 1.807) is 0 Å². The zero-order valence-corrected chi connectivity index (χ0v) is 18.2. The quantitative estimate of drug-likeness (QED) is 0.340. The van der Waals surface area contributed by atoms with E-state index >= 15 is 0 Å². The minimum atomic E-state index is -0.660. The monoisotopic (exact) mass is 384 g/mol. The first-order chi connectivity index (χ1) is 12.6. The molecule has 2 aliphatic heterocycles. The molecule has 2 nitrogen and oxygen atoms in total. The van der Waals surface area contributed by atoms with E-state index in [0.717, 1.165) is 38.5 Å². The highest BCUT2D eigenvalue weighted by atomic mass is 32.2. The third kappa shape index (κ3) is 8.00. The van der Waals surface area contributed by atoms with Gasteiger partial charge in [-0.15, -0.1) is 0 Å². The number of hydrogen-bond acceptors (Lipinski definition) is 2. The molecule has 2 rings (SSSR count). The van der Waals surface area contributed by atoms with Gasteiger partial charge in [0.1, 0.15) is 0 Å². The average Bonchev–Trinajstić information content (AvgIpc) is 2.61. The Kier molecular flexibility index (Phi) is 10.8. The number of hydrogen-bond donors (Lipinski definition) is 1. The summed E-state index contributed by atoms with van der Waals surface area (Å²) in [5.74, 6) is 0. The molecular formula is C23H44O2S. The number of fused-ring (bicyclic) bond motifs is 2. The Bertz CT molecular complexity index is 380. The van der Waals surface area contributed by atoms with Crippen molar-refractivity contribution in [3.05, 3.63) is 0 Å². The summed E-state index contributed by atoms with van der Waals surface area (Å²) in [6.07, 6.45) is 23.7. The lowest BCUT2D eigenvalue weighted by atomic mass is 9.82. The third-order valence-electron chi connectivity index (χ3n) is 6.67. The largest absolute Gasteiger partial charge is 0.390 e. The van der Waals surface area contributed by atoms with Gasteiger partial charge in [-0.2, -0.15) is 0 Å². The van der Waals surface area contributed by atoms with Crippen molar-refractivity contribution in [3.63, 3.8) is 0 Å². The van der Waals surface area contributed by atoms with Crippen molar-refractivity contribution in [1.82, 2.24) is 0 Å². The molecule has 0 aromatic heterocycles. The lowest BCUT2D eigenvalue weighted by molar-refractivity contribution is 0.000870. The molecule has 2 atom stereocenters. The van der Waals surface area contributed by atoms with Crippen molar-refractivity contribution in [2.45, 2.75) is 145 Å². The Balaban J connectivity index is 1.42. The van der Waals surface area contributed by atoms with Crippen molar-refractivity contribution in [2.75, 3.05) is 0 Å². The van der Waals surface area contributed by atoms with Crippen molar-refractivity contribution < 1.29 is 9.32 Å². The number of unbranched alkanes of at least 4 members (excludes halogenated alkanes) is 12. The van der Waals surface area contributed by atoms with Gasteiger partial charge < -0.3 is 5.11 Å². The Morgan fingerprint density at radius 2 is 1.19 bits per heavy atom. The molecule has 3 heteroatoms. The molecule has 0 aliphatic carbocycles. The molecule has 0 spiro atoms. The van der Waals surface area contributed by atoms with E-state index in [2.05, 4.69) is 6.92 Å². The van der Waals surface area contributed by atoms with Gasteiger partial charge in [-0.25, -0.2) is 0 Å². The summed E-state index contributed by atoms with van der Waals surface area (Å²) in [4.78, 5) is 0. The normalized spacial score (nSPS) is 31.2. The van der Waals surface area contributed by atoms with Crippen LogP contribution in [0.15, 0.2) is 0 Å². The fraction of sp³-hybridized carbons (Fsp3) is 1.00. The van der Waals surface area contributed by atoms with Crippen LogP contribution < -0.4 is 0 Å². The van der Waals surface area contributed by atoms with Crippen LogP contribution in [-0.4, -0.2) is 25.4 Å². The molecule has 26 heavy (non-hydrogen) atoms. The summed E-state index contributed by atoms with van der Waals surface area (Å²) in [7, 11) is -0.660. The van der Waals surface area contributed by atoms with Gasteiger partial charge in [-0.1, -0.05) is 96.8 Å². The van der Waals surface area contributed by atoms with E-state index in [9.17, 15) is 9.32 Å². The first-order valence-electron chi connectivity index (χ1n) is 11.8. The Labute approximate surface area is 165 Å². The van der Waals surface area contributed by atoms with Crippen LogP contribution in [0.1, 0.15) is 129 Å². The van der Waals surface area contributed by atoms with Crippen LogP contribution in [-0.2, 0) is 10.8 Å². The Morgan fingerprint density at radius 3 is 1.65 bits per heavy atom. The summed E-state index contributed by atoms with van der Waals surface area (Å²) in [5.41, 5.74) is -0.499. The molecule has 0 radical (unpaired) electrons.